The van der Waals surface area contributed by atoms with Gasteiger partial charge in [0.2, 0.25) is 0 Å². The second-order valence-corrected chi connectivity index (χ2v) is 4.68. The molecule has 4 heteroatoms. The van der Waals surface area contributed by atoms with Gasteiger partial charge >= 0.3 is 5.97 Å². The minimum atomic E-state index is -0.944. The van der Waals surface area contributed by atoms with E-state index in [9.17, 15) is 9.90 Å². The minimum absolute atomic E-state index is 0.263. The first-order valence-corrected chi connectivity index (χ1v) is 5.90. The van der Waals surface area contributed by atoms with Gasteiger partial charge in [0.25, 0.3) is 0 Å². The maximum absolute atomic E-state index is 11.2. The van der Waals surface area contributed by atoms with Crippen LogP contribution < -0.4 is 0 Å². The Balaban J connectivity index is 2.59. The molecule has 0 spiro atoms. The van der Waals surface area contributed by atoms with E-state index in [4.69, 9.17) is 11.6 Å². The fraction of sp³-hybridized carbons (Fsp3) is 0.0714. The largest absolute Gasteiger partial charge is 0.478 e. The van der Waals surface area contributed by atoms with Crippen LogP contribution in [0, 0.1) is 6.92 Å². The molecule has 0 saturated carbocycles. The number of hydrogen-bond donors (Lipinski definition) is 2. The van der Waals surface area contributed by atoms with Gasteiger partial charge in [-0.1, -0.05) is 29.8 Å². The summed E-state index contributed by atoms with van der Waals surface area (Å²) >= 11 is 6.21. The number of rotatable bonds is 1. The molecule has 3 aromatic rings. The van der Waals surface area contributed by atoms with Crippen molar-refractivity contribution in [2.45, 2.75) is 6.92 Å². The van der Waals surface area contributed by atoms with E-state index in [0.717, 1.165) is 21.9 Å². The molecule has 0 amide bonds. The molecular formula is C14H10ClNO2. The summed E-state index contributed by atoms with van der Waals surface area (Å²) in [6, 6.07) is 8.95. The summed E-state index contributed by atoms with van der Waals surface area (Å²) in [5.74, 6) is -0.944. The topological polar surface area (TPSA) is 53.1 Å². The Bertz CT molecular complexity index is 789. The van der Waals surface area contributed by atoms with Gasteiger partial charge in [-0.2, -0.15) is 0 Å². The Hall–Kier alpha value is -2.00. The number of carboxylic acid groups (broad SMARTS) is 1. The Morgan fingerprint density at radius 2 is 2.00 bits per heavy atom. The lowest BCUT2D eigenvalue weighted by atomic mass is 10.1. The summed E-state index contributed by atoms with van der Waals surface area (Å²) in [6.07, 6.45) is 0. The van der Waals surface area contributed by atoms with Gasteiger partial charge in [0, 0.05) is 10.8 Å². The molecule has 0 bridgehead atoms. The van der Waals surface area contributed by atoms with Crippen molar-refractivity contribution < 1.29 is 9.90 Å². The fourth-order valence-corrected chi connectivity index (χ4v) is 2.56. The van der Waals surface area contributed by atoms with Crippen molar-refractivity contribution >= 4 is 39.4 Å². The molecule has 3 rings (SSSR count). The number of fused-ring (bicyclic) bond motifs is 3. The van der Waals surface area contributed by atoms with E-state index in [0.29, 0.717) is 10.5 Å². The van der Waals surface area contributed by atoms with Crippen LogP contribution in [0.1, 0.15) is 15.9 Å². The molecule has 2 N–H and O–H groups in total. The fourth-order valence-electron chi connectivity index (χ4n) is 2.30. The molecule has 1 aromatic heterocycles. The molecule has 18 heavy (non-hydrogen) atoms. The number of aryl methyl sites for hydroxylation is 1. The molecular weight excluding hydrogens is 250 g/mol. The highest BCUT2D eigenvalue weighted by Crippen LogP contribution is 2.34. The van der Waals surface area contributed by atoms with E-state index in [-0.39, 0.29) is 5.56 Å². The number of hydrogen-bond acceptors (Lipinski definition) is 1. The highest BCUT2D eigenvalue weighted by atomic mass is 35.5. The van der Waals surface area contributed by atoms with Crippen molar-refractivity contribution in [1.82, 2.24) is 4.98 Å². The number of aromatic amines is 1. The van der Waals surface area contributed by atoms with Gasteiger partial charge in [0.05, 0.1) is 21.6 Å². The number of benzene rings is 2. The lowest BCUT2D eigenvalue weighted by Gasteiger charge is -1.98. The minimum Gasteiger partial charge on any atom is -0.478 e. The average molecular weight is 260 g/mol. The quantitative estimate of drug-likeness (QED) is 0.694. The van der Waals surface area contributed by atoms with Crippen molar-refractivity contribution in [2.24, 2.45) is 0 Å². The van der Waals surface area contributed by atoms with Crippen LogP contribution in [0.4, 0.5) is 0 Å². The third-order valence-electron chi connectivity index (χ3n) is 3.18. The van der Waals surface area contributed by atoms with E-state index in [2.05, 4.69) is 4.98 Å². The van der Waals surface area contributed by atoms with E-state index in [1.54, 1.807) is 12.1 Å². The Morgan fingerprint density at radius 1 is 1.22 bits per heavy atom. The summed E-state index contributed by atoms with van der Waals surface area (Å²) in [5.41, 5.74) is 2.82. The van der Waals surface area contributed by atoms with Crippen LogP contribution in [-0.2, 0) is 0 Å². The Kier molecular flexibility index (Phi) is 2.31. The van der Waals surface area contributed by atoms with Crippen molar-refractivity contribution in [3.8, 4) is 0 Å². The standard InChI is InChI=1S/C14H10ClNO2/c1-7-5-6-10(15)11-8-3-2-4-9(14(17)18)13(8)16-12(7)11/h2-6,16H,1H3,(H,17,18). The van der Waals surface area contributed by atoms with Crippen molar-refractivity contribution in [1.29, 1.82) is 0 Å². The zero-order chi connectivity index (χ0) is 12.9. The third kappa shape index (κ3) is 1.41. The van der Waals surface area contributed by atoms with Crippen molar-refractivity contribution in [3.05, 3.63) is 46.5 Å². The smallest absolute Gasteiger partial charge is 0.337 e. The predicted molar refractivity (Wildman–Crippen MR) is 72.5 cm³/mol. The summed E-state index contributed by atoms with van der Waals surface area (Å²) in [6.45, 7) is 1.97. The van der Waals surface area contributed by atoms with Gasteiger partial charge in [0.15, 0.2) is 0 Å². The lowest BCUT2D eigenvalue weighted by molar-refractivity contribution is 0.0699. The van der Waals surface area contributed by atoms with E-state index in [1.807, 2.05) is 25.1 Å². The highest BCUT2D eigenvalue weighted by molar-refractivity contribution is 6.38. The van der Waals surface area contributed by atoms with Gasteiger partial charge in [-0.15, -0.1) is 0 Å². The van der Waals surface area contributed by atoms with E-state index in [1.165, 1.54) is 0 Å². The second-order valence-electron chi connectivity index (χ2n) is 4.27. The first-order valence-electron chi connectivity index (χ1n) is 5.52. The molecule has 0 aliphatic heterocycles. The number of carboxylic acids is 1. The molecule has 0 fully saturated rings. The summed E-state index contributed by atoms with van der Waals surface area (Å²) in [4.78, 5) is 14.4. The van der Waals surface area contributed by atoms with Crippen LogP contribution >= 0.6 is 11.6 Å². The van der Waals surface area contributed by atoms with Crippen LogP contribution in [0.3, 0.4) is 0 Å². The normalized spacial score (nSPS) is 11.2. The van der Waals surface area contributed by atoms with E-state index >= 15 is 0 Å². The second kappa shape index (κ2) is 3.75. The van der Waals surface area contributed by atoms with Crippen LogP contribution in [0.2, 0.25) is 5.02 Å². The molecule has 0 atom stereocenters. The molecule has 0 aliphatic carbocycles. The molecule has 0 saturated heterocycles. The van der Waals surface area contributed by atoms with Crippen LogP contribution in [-0.4, -0.2) is 16.1 Å². The first kappa shape index (κ1) is 11.1. The van der Waals surface area contributed by atoms with Crippen LogP contribution in [0.25, 0.3) is 21.8 Å². The molecule has 0 unspecified atom stereocenters. The highest BCUT2D eigenvalue weighted by Gasteiger charge is 2.15. The zero-order valence-electron chi connectivity index (χ0n) is 9.62. The van der Waals surface area contributed by atoms with Gasteiger partial charge in [-0.3, -0.25) is 0 Å². The number of H-pyrrole nitrogens is 1. The maximum Gasteiger partial charge on any atom is 0.337 e. The Labute approximate surface area is 108 Å². The summed E-state index contributed by atoms with van der Waals surface area (Å²) in [5, 5.41) is 11.6. The zero-order valence-corrected chi connectivity index (χ0v) is 10.4. The number of para-hydroxylation sites is 1. The third-order valence-corrected chi connectivity index (χ3v) is 3.49. The Morgan fingerprint density at radius 3 is 2.72 bits per heavy atom. The summed E-state index contributed by atoms with van der Waals surface area (Å²) in [7, 11) is 0. The number of carbonyl (C=O) groups is 1. The first-order chi connectivity index (χ1) is 8.59. The number of halogens is 1. The van der Waals surface area contributed by atoms with Gasteiger partial charge in [-0.05, 0) is 24.6 Å². The van der Waals surface area contributed by atoms with Crippen LogP contribution in [0.15, 0.2) is 30.3 Å². The van der Waals surface area contributed by atoms with Crippen LogP contribution in [0.5, 0.6) is 0 Å². The average Bonchev–Trinajstić information content (AvgIpc) is 2.74. The molecule has 0 aliphatic rings. The molecule has 0 radical (unpaired) electrons. The van der Waals surface area contributed by atoms with Crippen molar-refractivity contribution in [3.63, 3.8) is 0 Å². The molecule has 1 heterocycles. The maximum atomic E-state index is 11.2. The summed E-state index contributed by atoms with van der Waals surface area (Å²) < 4.78 is 0. The number of aromatic nitrogens is 1. The molecule has 2 aromatic carbocycles. The monoisotopic (exact) mass is 259 g/mol. The van der Waals surface area contributed by atoms with Crippen molar-refractivity contribution in [2.75, 3.05) is 0 Å². The predicted octanol–water partition coefficient (Wildman–Crippen LogP) is 3.98. The van der Waals surface area contributed by atoms with Gasteiger partial charge in [-0.25, -0.2) is 4.79 Å². The SMILES string of the molecule is Cc1ccc(Cl)c2c1[nH]c1c(C(=O)O)cccc12. The van der Waals surface area contributed by atoms with Gasteiger partial charge in [0.1, 0.15) is 0 Å². The number of aromatic carboxylic acids is 1. The molecule has 90 valence electrons. The van der Waals surface area contributed by atoms with E-state index < -0.39 is 5.97 Å². The van der Waals surface area contributed by atoms with Gasteiger partial charge < -0.3 is 10.1 Å². The number of nitrogens with one attached hydrogen (secondary N) is 1. The molecule has 3 nitrogen and oxygen atoms in total. The lowest BCUT2D eigenvalue weighted by Crippen LogP contribution is -1.96.